The van der Waals surface area contributed by atoms with Crippen LogP contribution in [0.25, 0.3) is 0 Å². The Balaban J connectivity index is 0.000000510. The van der Waals surface area contributed by atoms with Gasteiger partial charge in [-0.25, -0.2) is 8.78 Å². The maximum absolute atomic E-state index is 13.8. The average molecular weight is 558 g/mol. The van der Waals surface area contributed by atoms with Crippen LogP contribution < -0.4 is 10.7 Å². The third kappa shape index (κ3) is 6.78. The number of nitrogens with one attached hydrogen (secondary N) is 1. The zero-order valence-corrected chi connectivity index (χ0v) is 21.9. The highest BCUT2D eigenvalue weighted by Crippen LogP contribution is 2.33. The molecular formula is C25H33F2N3O9. The van der Waals surface area contributed by atoms with Crippen molar-refractivity contribution in [2.75, 3.05) is 13.6 Å². The molecule has 1 aromatic heterocycles. The van der Waals surface area contributed by atoms with Gasteiger partial charge in [-0.1, -0.05) is 19.9 Å². The van der Waals surface area contributed by atoms with Crippen LogP contribution in [0.3, 0.4) is 0 Å². The number of fused-ring (bicyclic) bond motifs is 1. The van der Waals surface area contributed by atoms with Crippen molar-refractivity contribution in [1.29, 1.82) is 0 Å². The van der Waals surface area contributed by atoms with Gasteiger partial charge in [-0.3, -0.25) is 14.4 Å². The van der Waals surface area contributed by atoms with Crippen molar-refractivity contribution >= 4 is 11.8 Å². The summed E-state index contributed by atoms with van der Waals surface area (Å²) in [5.74, 6) is -10.1. The molecule has 0 saturated carbocycles. The van der Waals surface area contributed by atoms with Gasteiger partial charge in [-0.15, -0.1) is 0 Å². The van der Waals surface area contributed by atoms with Crippen molar-refractivity contribution in [1.82, 2.24) is 14.8 Å². The lowest BCUT2D eigenvalue weighted by Gasteiger charge is -2.28. The molecule has 1 atom stereocenters. The molecule has 0 aliphatic carbocycles. The molecule has 0 fully saturated rings. The first kappa shape index (κ1) is 31.8. The number of amides is 2. The van der Waals surface area contributed by atoms with Crippen LogP contribution in [0.5, 0.6) is 5.75 Å². The highest BCUT2D eigenvalue weighted by molar-refractivity contribution is 5.99. The van der Waals surface area contributed by atoms with Gasteiger partial charge in [0.15, 0.2) is 11.4 Å². The van der Waals surface area contributed by atoms with E-state index in [0.29, 0.717) is 31.3 Å². The van der Waals surface area contributed by atoms with Crippen LogP contribution >= 0.6 is 0 Å². The lowest BCUT2D eigenvalue weighted by molar-refractivity contribution is -0.446. The van der Waals surface area contributed by atoms with E-state index in [0.717, 1.165) is 6.07 Å². The van der Waals surface area contributed by atoms with E-state index in [-0.39, 0.29) is 35.7 Å². The van der Waals surface area contributed by atoms with Gasteiger partial charge in [0, 0.05) is 50.4 Å². The Kier molecular flexibility index (Phi) is 9.92. The molecule has 0 radical (unpaired) electrons. The summed E-state index contributed by atoms with van der Waals surface area (Å²) in [6.45, 7) is 5.34. The van der Waals surface area contributed by atoms with Gasteiger partial charge < -0.3 is 45.4 Å². The minimum Gasteiger partial charge on any atom is -0.503 e. The molecule has 216 valence electrons. The fraction of sp³-hybridized carbons (Fsp3) is 0.480. The van der Waals surface area contributed by atoms with Gasteiger partial charge >= 0.3 is 5.97 Å². The van der Waals surface area contributed by atoms with Crippen LogP contribution in [-0.2, 0) is 13.1 Å². The lowest BCUT2D eigenvalue weighted by Crippen LogP contribution is -2.53. The zero-order chi connectivity index (χ0) is 29.9. The van der Waals surface area contributed by atoms with E-state index in [4.69, 9.17) is 25.5 Å². The molecule has 2 aromatic rings. The molecule has 0 saturated heterocycles. The molecule has 7 N–H and O–H groups in total. The number of benzene rings is 1. The summed E-state index contributed by atoms with van der Waals surface area (Å²) >= 11 is 0. The van der Waals surface area contributed by atoms with Crippen molar-refractivity contribution < 1.29 is 49.0 Å². The van der Waals surface area contributed by atoms with Crippen molar-refractivity contribution in [2.45, 2.75) is 64.4 Å². The second-order valence-corrected chi connectivity index (χ2v) is 9.17. The maximum Gasteiger partial charge on any atom is 0.332 e. The van der Waals surface area contributed by atoms with E-state index < -0.39 is 46.4 Å². The molecule has 2 heterocycles. The fourth-order valence-electron chi connectivity index (χ4n) is 3.86. The largest absolute Gasteiger partial charge is 0.503 e. The summed E-state index contributed by atoms with van der Waals surface area (Å²) in [7, 11) is 1.55. The maximum atomic E-state index is 13.8. The number of nitrogens with zero attached hydrogens (tertiary/aromatic N) is 2. The van der Waals surface area contributed by atoms with Crippen LogP contribution in [0.4, 0.5) is 8.78 Å². The molecule has 3 rings (SSSR count). The number of hydrogen-bond donors (Lipinski definition) is 7. The number of halogens is 2. The molecule has 1 aliphatic heterocycles. The molecule has 2 amide bonds. The highest BCUT2D eigenvalue weighted by Gasteiger charge is 2.44. The predicted molar refractivity (Wildman–Crippen MR) is 132 cm³/mol. The Morgan fingerprint density at radius 2 is 1.77 bits per heavy atom. The fourth-order valence-corrected chi connectivity index (χ4v) is 3.86. The molecule has 14 heteroatoms. The quantitative estimate of drug-likeness (QED) is 0.231. The number of hydrogen-bond acceptors (Lipinski definition) is 9. The molecule has 1 aromatic carbocycles. The Morgan fingerprint density at radius 3 is 2.26 bits per heavy atom. The Hall–Kier alpha value is -3.43. The molecular weight excluding hydrogens is 524 g/mol. The Labute approximate surface area is 222 Å². The normalized spacial score (nSPS) is 14.8. The number of aliphatic hydroxyl groups is 5. The molecule has 0 spiro atoms. The number of carbonyl (C=O) groups is 2. The van der Waals surface area contributed by atoms with Gasteiger partial charge in [0.2, 0.25) is 11.2 Å². The smallest absolute Gasteiger partial charge is 0.332 e. The minimum absolute atomic E-state index is 0.0511. The predicted octanol–water partition coefficient (Wildman–Crippen LogP) is 0.0692. The number of aromatic nitrogens is 1. The number of rotatable bonds is 7. The number of pyridine rings is 1. The van der Waals surface area contributed by atoms with Crippen LogP contribution in [0.1, 0.15) is 71.6 Å². The second kappa shape index (κ2) is 12.2. The van der Waals surface area contributed by atoms with Gasteiger partial charge in [-0.2, -0.15) is 0 Å². The van der Waals surface area contributed by atoms with E-state index in [1.54, 1.807) is 14.0 Å². The molecule has 39 heavy (non-hydrogen) atoms. The summed E-state index contributed by atoms with van der Waals surface area (Å²) in [6, 6.07) is 2.97. The third-order valence-corrected chi connectivity index (χ3v) is 6.47. The molecule has 0 bridgehead atoms. The van der Waals surface area contributed by atoms with Crippen LogP contribution in [-0.4, -0.2) is 77.3 Å². The monoisotopic (exact) mass is 557 g/mol. The Morgan fingerprint density at radius 1 is 1.15 bits per heavy atom. The highest BCUT2D eigenvalue weighted by atomic mass is 19.1. The van der Waals surface area contributed by atoms with E-state index in [9.17, 15) is 28.3 Å². The third-order valence-electron chi connectivity index (χ3n) is 6.47. The average Bonchev–Trinajstić information content (AvgIpc) is 3.23. The summed E-state index contributed by atoms with van der Waals surface area (Å²) in [6.07, 6.45) is 0.211. The van der Waals surface area contributed by atoms with E-state index >= 15 is 0 Å². The van der Waals surface area contributed by atoms with E-state index in [1.165, 1.54) is 22.5 Å². The standard InChI is InChI=1S/C21H23F2N3O4.C4H10O5/c1-4-25(3)21(30)17-19(28)18(27)15(16-11(2)7-8-26(16)17)20(29)24-10-12-5-6-13(22)9-14(12)23;1-2-3(5,6)4(7,8)9/h5-6,9,11,28H,4,7-8,10H2,1-3H3,(H,24,29);5-9H,2H2,1H3. The Bertz CT molecular complexity index is 1290. The summed E-state index contributed by atoms with van der Waals surface area (Å²) in [5, 5.41) is 54.3. The van der Waals surface area contributed by atoms with Crippen molar-refractivity contribution in [2.24, 2.45) is 0 Å². The summed E-state index contributed by atoms with van der Waals surface area (Å²) < 4.78 is 28.4. The second-order valence-electron chi connectivity index (χ2n) is 9.17. The van der Waals surface area contributed by atoms with Gasteiger partial charge in [0.1, 0.15) is 17.2 Å². The SMILES string of the molecule is CCC(O)(O)C(O)(O)O.CCN(C)C(=O)c1c(O)c(=O)c(C(=O)NCc2ccc(F)cc2F)c2n1CCC2C. The summed E-state index contributed by atoms with van der Waals surface area (Å²) in [5.41, 5.74) is -0.932. The molecule has 1 aliphatic rings. The molecule has 12 nitrogen and oxygen atoms in total. The first-order valence-electron chi connectivity index (χ1n) is 12.1. The van der Waals surface area contributed by atoms with Gasteiger partial charge in [0.05, 0.1) is 0 Å². The summed E-state index contributed by atoms with van der Waals surface area (Å²) in [4.78, 5) is 39.7. The number of carbonyl (C=O) groups excluding carboxylic acids is 2. The first-order chi connectivity index (χ1) is 18.0. The van der Waals surface area contributed by atoms with Crippen molar-refractivity contribution in [3.8, 4) is 5.75 Å². The van der Waals surface area contributed by atoms with Crippen LogP contribution in [0.2, 0.25) is 0 Å². The minimum atomic E-state index is -3.44. The van der Waals surface area contributed by atoms with E-state index in [1.807, 2.05) is 6.92 Å². The number of aromatic hydroxyl groups is 1. The van der Waals surface area contributed by atoms with Crippen molar-refractivity contribution in [3.05, 3.63) is 62.6 Å². The lowest BCUT2D eigenvalue weighted by atomic mass is 10.00. The van der Waals surface area contributed by atoms with E-state index in [2.05, 4.69) is 5.32 Å². The van der Waals surface area contributed by atoms with Crippen LogP contribution in [0, 0.1) is 11.6 Å². The molecule has 1 unspecified atom stereocenters. The first-order valence-corrected chi connectivity index (χ1v) is 12.1. The topological polar surface area (TPSA) is 193 Å². The zero-order valence-electron chi connectivity index (χ0n) is 21.9. The van der Waals surface area contributed by atoms with Crippen molar-refractivity contribution in [3.63, 3.8) is 0 Å². The van der Waals surface area contributed by atoms with Gasteiger partial charge in [-0.05, 0) is 25.3 Å². The van der Waals surface area contributed by atoms with Gasteiger partial charge in [0.25, 0.3) is 11.8 Å². The van der Waals surface area contributed by atoms with Crippen LogP contribution in [0.15, 0.2) is 23.0 Å².